The highest BCUT2D eigenvalue weighted by molar-refractivity contribution is 7.12. The lowest BCUT2D eigenvalue weighted by Crippen LogP contribution is -2.46. The Morgan fingerprint density at radius 3 is 2.84 bits per heavy atom. The molecule has 0 bridgehead atoms. The van der Waals surface area contributed by atoms with Crippen LogP contribution in [0.3, 0.4) is 0 Å². The summed E-state index contributed by atoms with van der Waals surface area (Å²) in [6.45, 7) is 4.44. The zero-order chi connectivity index (χ0) is 14.0. The number of nitrogens with zero attached hydrogens (tertiary/aromatic N) is 1. The van der Waals surface area contributed by atoms with Crippen LogP contribution in [-0.2, 0) is 4.79 Å². The number of carbonyl (C=O) groups is 2. The zero-order valence-corrected chi connectivity index (χ0v) is 11.9. The molecule has 2 amide bonds. The van der Waals surface area contributed by atoms with E-state index in [-0.39, 0.29) is 12.1 Å². The third kappa shape index (κ3) is 3.07. The van der Waals surface area contributed by atoms with Gasteiger partial charge in [0.25, 0.3) is 0 Å². The number of carbonyl (C=O) groups excluding carboxylic acids is 1. The molecule has 1 aliphatic rings. The molecule has 0 spiro atoms. The van der Waals surface area contributed by atoms with Crippen molar-refractivity contribution in [1.82, 2.24) is 10.2 Å². The van der Waals surface area contributed by atoms with Gasteiger partial charge in [0.15, 0.2) is 0 Å². The van der Waals surface area contributed by atoms with Crippen LogP contribution in [0, 0.1) is 6.92 Å². The van der Waals surface area contributed by atoms with Gasteiger partial charge in [0.05, 0.1) is 6.04 Å². The second-order valence-electron chi connectivity index (χ2n) is 4.81. The predicted molar refractivity (Wildman–Crippen MR) is 73.4 cm³/mol. The van der Waals surface area contributed by atoms with E-state index in [1.54, 1.807) is 11.3 Å². The largest absolute Gasteiger partial charge is 0.480 e. The van der Waals surface area contributed by atoms with E-state index in [1.807, 2.05) is 26.0 Å². The van der Waals surface area contributed by atoms with Crippen molar-refractivity contribution in [2.24, 2.45) is 0 Å². The van der Waals surface area contributed by atoms with Gasteiger partial charge < -0.3 is 15.3 Å². The molecular formula is C13H18N2O3S. The first kappa shape index (κ1) is 13.9. The molecule has 2 heterocycles. The summed E-state index contributed by atoms with van der Waals surface area (Å²) < 4.78 is 0. The van der Waals surface area contributed by atoms with Crippen LogP contribution in [0.25, 0.3) is 0 Å². The second-order valence-corrected chi connectivity index (χ2v) is 6.13. The summed E-state index contributed by atoms with van der Waals surface area (Å²) in [5, 5.41) is 11.9. The fourth-order valence-corrected chi connectivity index (χ4v) is 3.17. The van der Waals surface area contributed by atoms with Gasteiger partial charge in [0, 0.05) is 16.3 Å². The topological polar surface area (TPSA) is 69.6 Å². The number of urea groups is 1. The van der Waals surface area contributed by atoms with Gasteiger partial charge in [-0.3, -0.25) is 0 Å². The number of nitrogens with one attached hydrogen (secondary N) is 1. The maximum atomic E-state index is 12.1. The van der Waals surface area contributed by atoms with E-state index in [0.717, 1.165) is 11.3 Å². The van der Waals surface area contributed by atoms with E-state index < -0.39 is 12.0 Å². The van der Waals surface area contributed by atoms with Crippen molar-refractivity contribution < 1.29 is 14.7 Å². The SMILES string of the molecule is Cc1ccc(C(C)NC(=O)N2CCC[C@H]2C(=O)O)s1. The Kier molecular flexibility index (Phi) is 4.09. The highest BCUT2D eigenvalue weighted by atomic mass is 32.1. The maximum absolute atomic E-state index is 12.1. The molecule has 1 aromatic rings. The number of carboxylic acid groups (broad SMARTS) is 1. The lowest BCUT2D eigenvalue weighted by atomic mass is 10.2. The first-order valence-corrected chi connectivity index (χ1v) is 7.17. The van der Waals surface area contributed by atoms with Crippen LogP contribution in [0.5, 0.6) is 0 Å². The van der Waals surface area contributed by atoms with E-state index in [2.05, 4.69) is 5.32 Å². The number of likely N-dealkylation sites (tertiary alicyclic amines) is 1. The minimum Gasteiger partial charge on any atom is -0.480 e. The summed E-state index contributed by atoms with van der Waals surface area (Å²) in [5.41, 5.74) is 0. The number of thiophene rings is 1. The first-order valence-electron chi connectivity index (χ1n) is 6.35. The Hall–Kier alpha value is -1.56. The van der Waals surface area contributed by atoms with Crippen molar-refractivity contribution >= 4 is 23.3 Å². The fraction of sp³-hybridized carbons (Fsp3) is 0.538. The summed E-state index contributed by atoms with van der Waals surface area (Å²) in [7, 11) is 0. The van der Waals surface area contributed by atoms with Crippen molar-refractivity contribution in [1.29, 1.82) is 0 Å². The smallest absolute Gasteiger partial charge is 0.326 e. The average molecular weight is 282 g/mol. The lowest BCUT2D eigenvalue weighted by molar-refractivity contribution is -0.141. The van der Waals surface area contributed by atoms with Crippen LogP contribution in [0.15, 0.2) is 12.1 Å². The second kappa shape index (κ2) is 5.61. The van der Waals surface area contributed by atoms with Crippen molar-refractivity contribution in [2.45, 2.75) is 38.8 Å². The third-order valence-corrected chi connectivity index (χ3v) is 4.51. The average Bonchev–Trinajstić information content (AvgIpc) is 2.96. The van der Waals surface area contributed by atoms with Gasteiger partial charge in [-0.05, 0) is 38.8 Å². The van der Waals surface area contributed by atoms with E-state index in [0.29, 0.717) is 13.0 Å². The van der Waals surface area contributed by atoms with Gasteiger partial charge in [0.1, 0.15) is 6.04 Å². The Labute approximate surface area is 116 Å². The lowest BCUT2D eigenvalue weighted by Gasteiger charge is -2.24. The summed E-state index contributed by atoms with van der Waals surface area (Å²) in [6, 6.07) is 2.93. The molecule has 2 N–H and O–H groups in total. The molecule has 19 heavy (non-hydrogen) atoms. The molecule has 0 radical (unpaired) electrons. The van der Waals surface area contributed by atoms with E-state index in [4.69, 9.17) is 5.11 Å². The molecule has 1 aliphatic heterocycles. The number of rotatable bonds is 3. The molecule has 0 saturated carbocycles. The molecular weight excluding hydrogens is 264 g/mol. The Morgan fingerprint density at radius 2 is 2.26 bits per heavy atom. The number of hydrogen-bond acceptors (Lipinski definition) is 3. The number of amides is 2. The molecule has 1 saturated heterocycles. The monoisotopic (exact) mass is 282 g/mol. The van der Waals surface area contributed by atoms with E-state index in [9.17, 15) is 9.59 Å². The normalized spacial score (nSPS) is 20.3. The van der Waals surface area contributed by atoms with Crippen molar-refractivity contribution in [3.8, 4) is 0 Å². The van der Waals surface area contributed by atoms with Gasteiger partial charge in [-0.1, -0.05) is 0 Å². The van der Waals surface area contributed by atoms with Gasteiger partial charge in [0.2, 0.25) is 0 Å². The molecule has 1 fully saturated rings. The van der Waals surface area contributed by atoms with Crippen molar-refractivity contribution in [2.75, 3.05) is 6.54 Å². The van der Waals surface area contributed by atoms with E-state index >= 15 is 0 Å². The standard InChI is InChI=1S/C13H18N2O3S/c1-8-5-6-11(19-8)9(2)14-13(18)15-7-3-4-10(15)12(16)17/h5-6,9-10H,3-4,7H2,1-2H3,(H,14,18)(H,16,17)/t9?,10-/m0/s1. The number of aliphatic carboxylic acids is 1. The summed E-state index contributed by atoms with van der Waals surface area (Å²) in [6.07, 6.45) is 1.28. The van der Waals surface area contributed by atoms with Gasteiger partial charge in [-0.2, -0.15) is 0 Å². The molecule has 5 nitrogen and oxygen atoms in total. The summed E-state index contributed by atoms with van der Waals surface area (Å²) in [5.74, 6) is -0.924. The van der Waals surface area contributed by atoms with Gasteiger partial charge in [-0.25, -0.2) is 9.59 Å². The van der Waals surface area contributed by atoms with Crippen LogP contribution in [0.2, 0.25) is 0 Å². The fourth-order valence-electron chi connectivity index (χ4n) is 2.29. The summed E-state index contributed by atoms with van der Waals surface area (Å²) >= 11 is 1.64. The molecule has 2 rings (SSSR count). The predicted octanol–water partition coefficient (Wildman–Crippen LogP) is 2.38. The van der Waals surface area contributed by atoms with Crippen LogP contribution >= 0.6 is 11.3 Å². The highest BCUT2D eigenvalue weighted by Crippen LogP contribution is 2.23. The van der Waals surface area contributed by atoms with Gasteiger partial charge in [-0.15, -0.1) is 11.3 Å². The highest BCUT2D eigenvalue weighted by Gasteiger charge is 2.34. The van der Waals surface area contributed by atoms with E-state index in [1.165, 1.54) is 9.78 Å². The van der Waals surface area contributed by atoms with Crippen molar-refractivity contribution in [3.63, 3.8) is 0 Å². The van der Waals surface area contributed by atoms with Crippen LogP contribution in [-0.4, -0.2) is 34.6 Å². The zero-order valence-electron chi connectivity index (χ0n) is 11.0. The molecule has 1 unspecified atom stereocenters. The molecule has 0 aromatic carbocycles. The minimum absolute atomic E-state index is 0.0961. The molecule has 2 atom stereocenters. The Bertz CT molecular complexity index is 486. The van der Waals surface area contributed by atoms with Crippen LogP contribution in [0.4, 0.5) is 4.79 Å². The quantitative estimate of drug-likeness (QED) is 0.894. The Morgan fingerprint density at radius 1 is 1.53 bits per heavy atom. The molecule has 0 aliphatic carbocycles. The third-order valence-electron chi connectivity index (χ3n) is 3.33. The number of carboxylic acids is 1. The molecule has 104 valence electrons. The maximum Gasteiger partial charge on any atom is 0.326 e. The van der Waals surface area contributed by atoms with Gasteiger partial charge >= 0.3 is 12.0 Å². The molecule has 6 heteroatoms. The first-order chi connectivity index (χ1) is 8.99. The molecule has 1 aromatic heterocycles. The van der Waals surface area contributed by atoms with Crippen molar-refractivity contribution in [3.05, 3.63) is 21.9 Å². The van der Waals surface area contributed by atoms with Crippen LogP contribution < -0.4 is 5.32 Å². The number of aryl methyl sites for hydroxylation is 1. The number of hydrogen-bond donors (Lipinski definition) is 2. The summed E-state index contributed by atoms with van der Waals surface area (Å²) in [4.78, 5) is 26.9. The Balaban J connectivity index is 1.99. The van der Waals surface area contributed by atoms with Crippen LogP contribution in [0.1, 0.15) is 35.6 Å². The minimum atomic E-state index is -0.924.